The lowest BCUT2D eigenvalue weighted by molar-refractivity contribution is -0.116. The van der Waals surface area contributed by atoms with Gasteiger partial charge in [0.1, 0.15) is 5.82 Å². The zero-order valence-electron chi connectivity index (χ0n) is 11.6. The van der Waals surface area contributed by atoms with Gasteiger partial charge in [-0.25, -0.2) is 4.98 Å². The molecule has 20 heavy (non-hydrogen) atoms. The third-order valence-electron chi connectivity index (χ3n) is 3.05. The number of pyridine rings is 1. The Hall–Kier alpha value is -1.68. The maximum absolute atomic E-state index is 11.9. The molecule has 0 aliphatic carbocycles. The first kappa shape index (κ1) is 14.7. The first-order valence-electron chi connectivity index (χ1n) is 6.53. The minimum absolute atomic E-state index is 0.0141. The highest BCUT2D eigenvalue weighted by molar-refractivity contribution is 9.10. The number of halogens is 1. The summed E-state index contributed by atoms with van der Waals surface area (Å²) >= 11 is 3.39. The van der Waals surface area contributed by atoms with Crippen LogP contribution in [0.4, 0.5) is 5.82 Å². The molecule has 0 bridgehead atoms. The number of benzene rings is 1. The fourth-order valence-corrected chi connectivity index (χ4v) is 2.05. The Balaban J connectivity index is 1.89. The summed E-state index contributed by atoms with van der Waals surface area (Å²) in [5.41, 5.74) is 3.26. The molecule has 1 heterocycles. The molecule has 1 aromatic carbocycles. The van der Waals surface area contributed by atoms with E-state index in [0.717, 1.165) is 16.6 Å². The number of rotatable bonds is 4. The van der Waals surface area contributed by atoms with Crippen molar-refractivity contribution in [3.8, 4) is 0 Å². The first-order chi connectivity index (χ1) is 9.54. The van der Waals surface area contributed by atoms with Gasteiger partial charge >= 0.3 is 0 Å². The molecule has 0 saturated carbocycles. The minimum atomic E-state index is -0.0141. The average Bonchev–Trinajstić information content (AvgIpc) is 2.42. The predicted molar refractivity (Wildman–Crippen MR) is 84.8 cm³/mol. The summed E-state index contributed by atoms with van der Waals surface area (Å²) in [5.74, 6) is 0.583. The topological polar surface area (TPSA) is 42.0 Å². The number of nitrogens with zero attached hydrogens (tertiary/aromatic N) is 1. The van der Waals surface area contributed by atoms with Crippen LogP contribution in [0.1, 0.15) is 23.2 Å². The fraction of sp³-hybridized carbons (Fsp3) is 0.250. The van der Waals surface area contributed by atoms with Crippen LogP contribution in [-0.2, 0) is 11.2 Å². The van der Waals surface area contributed by atoms with Crippen molar-refractivity contribution in [3.05, 3.63) is 57.7 Å². The molecule has 0 atom stereocenters. The van der Waals surface area contributed by atoms with Crippen LogP contribution in [0, 0.1) is 13.8 Å². The monoisotopic (exact) mass is 332 g/mol. The molecular formula is C16H17BrN2O. The van der Waals surface area contributed by atoms with Crippen LogP contribution in [0.2, 0.25) is 0 Å². The van der Waals surface area contributed by atoms with Crippen molar-refractivity contribution in [1.29, 1.82) is 0 Å². The van der Waals surface area contributed by atoms with E-state index in [9.17, 15) is 4.79 Å². The molecule has 0 unspecified atom stereocenters. The second kappa shape index (κ2) is 6.66. The summed E-state index contributed by atoms with van der Waals surface area (Å²) in [6.45, 7) is 3.95. The van der Waals surface area contributed by atoms with Crippen LogP contribution in [-0.4, -0.2) is 10.9 Å². The van der Waals surface area contributed by atoms with Crippen molar-refractivity contribution < 1.29 is 4.79 Å². The summed E-state index contributed by atoms with van der Waals surface area (Å²) in [7, 11) is 0. The quantitative estimate of drug-likeness (QED) is 0.918. The van der Waals surface area contributed by atoms with E-state index in [2.05, 4.69) is 57.4 Å². The van der Waals surface area contributed by atoms with Gasteiger partial charge in [-0.15, -0.1) is 0 Å². The number of carbonyl (C=O) groups is 1. The van der Waals surface area contributed by atoms with Gasteiger partial charge in [0.2, 0.25) is 5.91 Å². The molecule has 0 aliphatic rings. The number of aromatic nitrogens is 1. The second-order valence-electron chi connectivity index (χ2n) is 4.80. The Bertz CT molecular complexity index is 608. The zero-order chi connectivity index (χ0) is 14.5. The fourth-order valence-electron chi connectivity index (χ4n) is 1.83. The molecule has 4 heteroatoms. The molecule has 0 spiro atoms. The van der Waals surface area contributed by atoms with Gasteiger partial charge < -0.3 is 5.32 Å². The lowest BCUT2D eigenvalue weighted by atomic mass is 10.1. The highest BCUT2D eigenvalue weighted by Gasteiger charge is 2.05. The molecule has 0 saturated heterocycles. The summed E-state index contributed by atoms with van der Waals surface area (Å²) in [6, 6.07) is 11.9. The molecule has 1 aromatic heterocycles. The van der Waals surface area contributed by atoms with Gasteiger partial charge in [0.05, 0.1) is 5.69 Å². The standard InChI is InChI=1S/C16H17BrN2O/c1-11-3-5-13(6-4-11)7-10-16(20)19-15-9-8-14(17)12(2)18-15/h3-6,8-9H,7,10H2,1-2H3,(H,18,19,20). The molecule has 0 aliphatic heterocycles. The van der Waals surface area contributed by atoms with Crippen molar-refractivity contribution in [2.45, 2.75) is 26.7 Å². The first-order valence-corrected chi connectivity index (χ1v) is 7.32. The van der Waals surface area contributed by atoms with E-state index in [0.29, 0.717) is 12.2 Å². The lowest BCUT2D eigenvalue weighted by Crippen LogP contribution is -2.13. The summed E-state index contributed by atoms with van der Waals surface area (Å²) in [4.78, 5) is 16.2. The molecule has 1 N–H and O–H groups in total. The Morgan fingerprint density at radius 1 is 1.15 bits per heavy atom. The number of carbonyl (C=O) groups excluding carboxylic acids is 1. The Morgan fingerprint density at radius 2 is 1.85 bits per heavy atom. The summed E-state index contributed by atoms with van der Waals surface area (Å²) in [6.07, 6.45) is 1.20. The average molecular weight is 333 g/mol. The van der Waals surface area contributed by atoms with Crippen LogP contribution in [0.15, 0.2) is 40.9 Å². The van der Waals surface area contributed by atoms with E-state index in [1.807, 2.05) is 13.0 Å². The second-order valence-corrected chi connectivity index (χ2v) is 5.65. The summed E-state index contributed by atoms with van der Waals surface area (Å²) in [5, 5.41) is 2.82. The Kier molecular flexibility index (Phi) is 4.90. The van der Waals surface area contributed by atoms with Crippen molar-refractivity contribution >= 4 is 27.7 Å². The third-order valence-corrected chi connectivity index (χ3v) is 3.89. The van der Waals surface area contributed by atoms with Crippen LogP contribution in [0.25, 0.3) is 0 Å². The number of nitrogens with one attached hydrogen (secondary N) is 1. The van der Waals surface area contributed by atoms with Crippen molar-refractivity contribution in [1.82, 2.24) is 4.98 Å². The Morgan fingerprint density at radius 3 is 2.50 bits per heavy atom. The summed E-state index contributed by atoms with van der Waals surface area (Å²) < 4.78 is 0.940. The molecule has 0 fully saturated rings. The maximum Gasteiger partial charge on any atom is 0.225 e. The Labute approximate surface area is 127 Å². The number of hydrogen-bond donors (Lipinski definition) is 1. The maximum atomic E-state index is 11.9. The van der Waals surface area contributed by atoms with Crippen molar-refractivity contribution in [3.63, 3.8) is 0 Å². The molecule has 1 amide bonds. The van der Waals surface area contributed by atoms with E-state index < -0.39 is 0 Å². The minimum Gasteiger partial charge on any atom is -0.311 e. The van der Waals surface area contributed by atoms with E-state index >= 15 is 0 Å². The van der Waals surface area contributed by atoms with Crippen molar-refractivity contribution in [2.75, 3.05) is 5.32 Å². The van der Waals surface area contributed by atoms with Gasteiger partial charge in [-0.05, 0) is 53.9 Å². The largest absolute Gasteiger partial charge is 0.311 e. The highest BCUT2D eigenvalue weighted by atomic mass is 79.9. The molecule has 0 radical (unpaired) electrons. The van der Waals surface area contributed by atoms with E-state index in [1.54, 1.807) is 6.07 Å². The molecule has 2 aromatic rings. The van der Waals surface area contributed by atoms with Gasteiger partial charge in [-0.2, -0.15) is 0 Å². The number of amides is 1. The van der Waals surface area contributed by atoms with E-state index in [1.165, 1.54) is 11.1 Å². The highest BCUT2D eigenvalue weighted by Crippen LogP contribution is 2.16. The van der Waals surface area contributed by atoms with Crippen molar-refractivity contribution in [2.24, 2.45) is 0 Å². The predicted octanol–water partition coefficient (Wildman–Crippen LogP) is 4.03. The van der Waals surface area contributed by atoms with Crippen LogP contribution in [0.5, 0.6) is 0 Å². The number of hydrogen-bond acceptors (Lipinski definition) is 2. The van der Waals surface area contributed by atoms with E-state index in [-0.39, 0.29) is 5.91 Å². The zero-order valence-corrected chi connectivity index (χ0v) is 13.2. The van der Waals surface area contributed by atoms with Gasteiger partial charge in [0.25, 0.3) is 0 Å². The third kappa shape index (κ3) is 4.17. The van der Waals surface area contributed by atoms with Gasteiger partial charge in [-0.1, -0.05) is 29.8 Å². The van der Waals surface area contributed by atoms with Crippen LogP contribution in [0.3, 0.4) is 0 Å². The number of aryl methyl sites for hydroxylation is 3. The smallest absolute Gasteiger partial charge is 0.225 e. The molecule has 2 rings (SSSR count). The van der Waals surface area contributed by atoms with Crippen LogP contribution < -0.4 is 5.32 Å². The normalized spacial score (nSPS) is 10.3. The SMILES string of the molecule is Cc1ccc(CCC(=O)Nc2ccc(Br)c(C)n2)cc1. The molecule has 3 nitrogen and oxygen atoms in total. The molecular weight excluding hydrogens is 316 g/mol. The van der Waals surface area contributed by atoms with Gasteiger partial charge in [-0.3, -0.25) is 4.79 Å². The van der Waals surface area contributed by atoms with Gasteiger partial charge in [0.15, 0.2) is 0 Å². The number of anilines is 1. The van der Waals surface area contributed by atoms with Crippen LogP contribution >= 0.6 is 15.9 Å². The van der Waals surface area contributed by atoms with E-state index in [4.69, 9.17) is 0 Å². The molecule has 104 valence electrons. The van der Waals surface area contributed by atoms with Gasteiger partial charge in [0, 0.05) is 10.9 Å². The lowest BCUT2D eigenvalue weighted by Gasteiger charge is -2.06.